The van der Waals surface area contributed by atoms with Gasteiger partial charge in [0.2, 0.25) is 0 Å². The van der Waals surface area contributed by atoms with E-state index in [1.807, 2.05) is 42.5 Å². The Morgan fingerprint density at radius 3 is 2.47 bits per heavy atom. The van der Waals surface area contributed by atoms with Crippen LogP contribution < -0.4 is 9.47 Å². The summed E-state index contributed by atoms with van der Waals surface area (Å²) in [6.45, 7) is 0.00310. The molecule has 0 saturated heterocycles. The van der Waals surface area contributed by atoms with Crippen LogP contribution in [-0.2, 0) is 6.61 Å². The van der Waals surface area contributed by atoms with E-state index in [4.69, 9.17) is 14.6 Å². The molecule has 0 saturated carbocycles. The smallest absolute Gasteiger partial charge is 0.169 e. The Labute approximate surface area is 100 Å². The molecule has 0 spiro atoms. The lowest BCUT2D eigenvalue weighted by Gasteiger charge is -2.10. The first-order chi connectivity index (χ1) is 8.33. The molecule has 0 aromatic heterocycles. The lowest BCUT2D eigenvalue weighted by Crippen LogP contribution is -1.90. The van der Waals surface area contributed by atoms with Crippen molar-refractivity contribution in [2.24, 2.45) is 0 Å². The molecular formula is C14H14O3. The molecular weight excluding hydrogens is 216 g/mol. The zero-order chi connectivity index (χ0) is 12.1. The minimum absolute atomic E-state index is 0.00310. The van der Waals surface area contributed by atoms with Gasteiger partial charge in [-0.1, -0.05) is 24.3 Å². The van der Waals surface area contributed by atoms with Crippen LogP contribution in [-0.4, -0.2) is 12.2 Å². The van der Waals surface area contributed by atoms with Crippen molar-refractivity contribution in [2.45, 2.75) is 6.61 Å². The van der Waals surface area contributed by atoms with Crippen LogP contribution in [0.1, 0.15) is 5.56 Å². The summed E-state index contributed by atoms with van der Waals surface area (Å²) in [5, 5.41) is 9.05. The number of methoxy groups -OCH3 is 1. The van der Waals surface area contributed by atoms with Crippen LogP contribution in [0.3, 0.4) is 0 Å². The standard InChI is InChI=1S/C14H14O3/c1-16-13-7-2-3-8-14(13)17-12-6-4-5-11(9-12)10-15/h2-9,15H,10H2,1H3. The Morgan fingerprint density at radius 1 is 1.00 bits per heavy atom. The predicted molar refractivity (Wildman–Crippen MR) is 65.4 cm³/mol. The van der Waals surface area contributed by atoms with Crippen molar-refractivity contribution < 1.29 is 14.6 Å². The third kappa shape index (κ3) is 2.77. The van der Waals surface area contributed by atoms with E-state index < -0.39 is 0 Å². The Bertz CT molecular complexity index is 494. The van der Waals surface area contributed by atoms with Crippen molar-refractivity contribution in [3.05, 3.63) is 54.1 Å². The largest absolute Gasteiger partial charge is 0.493 e. The SMILES string of the molecule is COc1ccccc1Oc1cccc(CO)c1. The van der Waals surface area contributed by atoms with Crippen molar-refractivity contribution in [1.29, 1.82) is 0 Å². The second-order valence-corrected chi connectivity index (χ2v) is 3.56. The van der Waals surface area contributed by atoms with E-state index in [0.29, 0.717) is 17.2 Å². The fourth-order valence-electron chi connectivity index (χ4n) is 1.54. The number of rotatable bonds is 4. The molecule has 3 heteroatoms. The molecule has 0 atom stereocenters. The number of benzene rings is 2. The monoisotopic (exact) mass is 230 g/mol. The van der Waals surface area contributed by atoms with Gasteiger partial charge in [-0.25, -0.2) is 0 Å². The highest BCUT2D eigenvalue weighted by Crippen LogP contribution is 2.31. The molecule has 0 aliphatic rings. The van der Waals surface area contributed by atoms with Gasteiger partial charge in [0.05, 0.1) is 13.7 Å². The number of para-hydroxylation sites is 2. The maximum Gasteiger partial charge on any atom is 0.169 e. The average Bonchev–Trinajstić information content (AvgIpc) is 2.39. The van der Waals surface area contributed by atoms with Crippen LogP contribution >= 0.6 is 0 Å². The molecule has 0 radical (unpaired) electrons. The van der Waals surface area contributed by atoms with E-state index in [0.717, 1.165) is 5.56 Å². The topological polar surface area (TPSA) is 38.7 Å². The van der Waals surface area contributed by atoms with Gasteiger partial charge in [0.1, 0.15) is 5.75 Å². The van der Waals surface area contributed by atoms with Crippen molar-refractivity contribution in [2.75, 3.05) is 7.11 Å². The second kappa shape index (κ2) is 5.37. The van der Waals surface area contributed by atoms with Crippen LogP contribution in [0.5, 0.6) is 17.2 Å². The molecule has 2 rings (SSSR count). The van der Waals surface area contributed by atoms with Crippen LogP contribution in [0.15, 0.2) is 48.5 Å². The van der Waals surface area contributed by atoms with E-state index in [1.165, 1.54) is 0 Å². The molecule has 0 aliphatic heterocycles. The molecule has 0 heterocycles. The van der Waals surface area contributed by atoms with Gasteiger partial charge in [0, 0.05) is 0 Å². The van der Waals surface area contributed by atoms with Gasteiger partial charge in [0.25, 0.3) is 0 Å². The van der Waals surface area contributed by atoms with Crippen molar-refractivity contribution >= 4 is 0 Å². The molecule has 0 aliphatic carbocycles. The van der Waals surface area contributed by atoms with E-state index >= 15 is 0 Å². The van der Waals surface area contributed by atoms with Crippen molar-refractivity contribution in [3.8, 4) is 17.2 Å². The average molecular weight is 230 g/mol. The molecule has 2 aromatic rings. The first-order valence-corrected chi connectivity index (χ1v) is 5.34. The molecule has 0 amide bonds. The first-order valence-electron chi connectivity index (χ1n) is 5.34. The highest BCUT2D eigenvalue weighted by molar-refractivity contribution is 5.43. The van der Waals surface area contributed by atoms with E-state index in [-0.39, 0.29) is 6.61 Å². The van der Waals surface area contributed by atoms with E-state index in [1.54, 1.807) is 13.2 Å². The number of aliphatic hydroxyl groups excluding tert-OH is 1. The zero-order valence-corrected chi connectivity index (χ0v) is 9.59. The molecule has 88 valence electrons. The van der Waals surface area contributed by atoms with Crippen LogP contribution in [0, 0.1) is 0 Å². The number of hydrogen-bond donors (Lipinski definition) is 1. The Kier molecular flexibility index (Phi) is 3.62. The quantitative estimate of drug-likeness (QED) is 0.877. The molecule has 3 nitrogen and oxygen atoms in total. The maximum atomic E-state index is 9.05. The van der Waals surface area contributed by atoms with E-state index in [9.17, 15) is 0 Å². The fraction of sp³-hybridized carbons (Fsp3) is 0.143. The zero-order valence-electron chi connectivity index (χ0n) is 9.59. The number of ether oxygens (including phenoxy) is 2. The molecule has 0 unspecified atom stereocenters. The highest BCUT2D eigenvalue weighted by atomic mass is 16.5. The Hall–Kier alpha value is -2.00. The van der Waals surface area contributed by atoms with Gasteiger partial charge in [-0.2, -0.15) is 0 Å². The molecule has 0 bridgehead atoms. The summed E-state index contributed by atoms with van der Waals surface area (Å²) < 4.78 is 10.9. The van der Waals surface area contributed by atoms with Gasteiger partial charge in [-0.3, -0.25) is 0 Å². The van der Waals surface area contributed by atoms with Gasteiger partial charge < -0.3 is 14.6 Å². The summed E-state index contributed by atoms with van der Waals surface area (Å²) in [6, 6.07) is 14.8. The van der Waals surface area contributed by atoms with E-state index in [2.05, 4.69) is 0 Å². The lowest BCUT2D eigenvalue weighted by molar-refractivity contribution is 0.281. The molecule has 2 aromatic carbocycles. The maximum absolute atomic E-state index is 9.05. The predicted octanol–water partition coefficient (Wildman–Crippen LogP) is 2.98. The van der Waals surface area contributed by atoms with Crippen molar-refractivity contribution in [3.63, 3.8) is 0 Å². The van der Waals surface area contributed by atoms with Crippen LogP contribution in [0.2, 0.25) is 0 Å². The van der Waals surface area contributed by atoms with Gasteiger partial charge in [-0.05, 0) is 29.8 Å². The highest BCUT2D eigenvalue weighted by Gasteiger charge is 2.04. The lowest BCUT2D eigenvalue weighted by atomic mass is 10.2. The number of hydrogen-bond acceptors (Lipinski definition) is 3. The normalized spacial score (nSPS) is 10.0. The third-order valence-corrected chi connectivity index (χ3v) is 2.38. The summed E-state index contributed by atoms with van der Waals surface area (Å²) in [5.74, 6) is 2.02. The molecule has 0 fully saturated rings. The minimum Gasteiger partial charge on any atom is -0.493 e. The summed E-state index contributed by atoms with van der Waals surface area (Å²) >= 11 is 0. The summed E-state index contributed by atoms with van der Waals surface area (Å²) in [5.41, 5.74) is 0.817. The fourth-order valence-corrected chi connectivity index (χ4v) is 1.54. The molecule has 1 N–H and O–H groups in total. The van der Waals surface area contributed by atoms with Gasteiger partial charge >= 0.3 is 0 Å². The summed E-state index contributed by atoms with van der Waals surface area (Å²) in [6.07, 6.45) is 0. The molecule has 17 heavy (non-hydrogen) atoms. The van der Waals surface area contributed by atoms with Crippen molar-refractivity contribution in [1.82, 2.24) is 0 Å². The summed E-state index contributed by atoms with van der Waals surface area (Å²) in [4.78, 5) is 0. The first kappa shape index (κ1) is 11.5. The summed E-state index contributed by atoms with van der Waals surface area (Å²) in [7, 11) is 1.60. The number of aliphatic hydroxyl groups is 1. The minimum atomic E-state index is 0.00310. The van der Waals surface area contributed by atoms with Gasteiger partial charge in [0.15, 0.2) is 11.5 Å². The Balaban J connectivity index is 2.24. The van der Waals surface area contributed by atoms with Crippen LogP contribution in [0.25, 0.3) is 0 Å². The Morgan fingerprint density at radius 2 is 1.76 bits per heavy atom. The van der Waals surface area contributed by atoms with Gasteiger partial charge in [-0.15, -0.1) is 0 Å². The third-order valence-electron chi connectivity index (χ3n) is 2.38. The van der Waals surface area contributed by atoms with Crippen LogP contribution in [0.4, 0.5) is 0 Å². The second-order valence-electron chi connectivity index (χ2n) is 3.56.